The fraction of sp³-hybridized carbons (Fsp3) is 0.500. The second kappa shape index (κ2) is 5.77. The van der Waals surface area contributed by atoms with Gasteiger partial charge in [0, 0.05) is 22.5 Å². The van der Waals surface area contributed by atoms with E-state index in [9.17, 15) is 8.42 Å². The number of pyridine rings is 1. The molecule has 1 aromatic rings. The smallest absolute Gasteiger partial charge is 0.244 e. The predicted molar refractivity (Wildman–Crippen MR) is 77.0 cm³/mol. The molecule has 1 saturated heterocycles. The van der Waals surface area contributed by atoms with Gasteiger partial charge in [-0.3, -0.25) is 0 Å². The molecule has 18 heavy (non-hydrogen) atoms. The lowest BCUT2D eigenvalue weighted by Gasteiger charge is -2.22. The third-order valence-electron chi connectivity index (χ3n) is 2.62. The van der Waals surface area contributed by atoms with Crippen LogP contribution in [0.2, 0.25) is 0 Å². The minimum Gasteiger partial charge on any atom is -0.383 e. The first-order chi connectivity index (χ1) is 8.49. The van der Waals surface area contributed by atoms with Crippen LogP contribution in [-0.4, -0.2) is 30.9 Å². The van der Waals surface area contributed by atoms with Gasteiger partial charge in [-0.15, -0.1) is 0 Å². The van der Waals surface area contributed by atoms with Crippen molar-refractivity contribution in [3.8, 4) is 0 Å². The molecule has 2 rings (SSSR count). The average Bonchev–Trinajstić information content (AvgIpc) is 2.33. The first-order valence-electron chi connectivity index (χ1n) is 5.50. The molecule has 1 fully saturated rings. The highest BCUT2D eigenvalue weighted by atomic mass is 79.9. The molecule has 1 aromatic heterocycles. The molecule has 2 heterocycles. The largest absolute Gasteiger partial charge is 0.383 e. The summed E-state index contributed by atoms with van der Waals surface area (Å²) in [5.74, 6) is 1.92. The zero-order valence-corrected chi connectivity index (χ0v) is 12.8. The van der Waals surface area contributed by atoms with E-state index in [4.69, 9.17) is 5.73 Å². The third-order valence-corrected chi connectivity index (χ3v) is 5.82. The number of nitrogen functional groups attached to an aromatic ring is 1. The molecule has 8 heteroatoms. The number of hydrogen-bond donors (Lipinski definition) is 2. The molecule has 0 spiro atoms. The number of nitrogens with two attached hydrogens (primary N) is 1. The van der Waals surface area contributed by atoms with Crippen molar-refractivity contribution in [2.75, 3.05) is 17.2 Å². The van der Waals surface area contributed by atoms with Crippen LogP contribution < -0.4 is 10.5 Å². The maximum atomic E-state index is 12.2. The topological polar surface area (TPSA) is 85.1 Å². The Balaban J connectivity index is 2.21. The molecule has 0 saturated carbocycles. The van der Waals surface area contributed by atoms with Gasteiger partial charge in [0.15, 0.2) is 0 Å². The molecular formula is C10H14BrN3O2S2. The van der Waals surface area contributed by atoms with Crippen molar-refractivity contribution in [3.63, 3.8) is 0 Å². The molecule has 1 atom stereocenters. The summed E-state index contributed by atoms with van der Waals surface area (Å²) >= 11 is 4.96. The lowest BCUT2D eigenvalue weighted by Crippen LogP contribution is -2.38. The Bertz CT molecular complexity index is 530. The number of nitrogens with one attached hydrogen (secondary N) is 1. The lowest BCUT2D eigenvalue weighted by molar-refractivity contribution is 0.543. The highest BCUT2D eigenvalue weighted by Gasteiger charge is 2.24. The summed E-state index contributed by atoms with van der Waals surface area (Å²) in [6.07, 6.45) is 3.38. The number of nitrogens with zero attached hydrogens (tertiary/aromatic N) is 1. The van der Waals surface area contributed by atoms with Crippen LogP contribution in [0.25, 0.3) is 0 Å². The molecule has 100 valence electrons. The number of anilines is 1. The van der Waals surface area contributed by atoms with E-state index in [0.29, 0.717) is 4.47 Å². The van der Waals surface area contributed by atoms with Gasteiger partial charge in [0.1, 0.15) is 10.7 Å². The van der Waals surface area contributed by atoms with E-state index in [2.05, 4.69) is 25.6 Å². The van der Waals surface area contributed by atoms with Crippen molar-refractivity contribution in [3.05, 3.63) is 16.7 Å². The summed E-state index contributed by atoms with van der Waals surface area (Å²) in [4.78, 5) is 3.88. The molecule has 5 nitrogen and oxygen atoms in total. The molecule has 0 bridgehead atoms. The Hall–Kier alpha value is -0.310. The van der Waals surface area contributed by atoms with E-state index in [-0.39, 0.29) is 16.8 Å². The number of rotatable bonds is 3. The summed E-state index contributed by atoms with van der Waals surface area (Å²) < 4.78 is 27.7. The van der Waals surface area contributed by atoms with Gasteiger partial charge in [0.05, 0.1) is 0 Å². The minimum atomic E-state index is -3.59. The number of thioether (sulfide) groups is 1. The Morgan fingerprint density at radius 2 is 2.33 bits per heavy atom. The number of aromatic nitrogens is 1. The van der Waals surface area contributed by atoms with E-state index in [1.807, 2.05) is 0 Å². The van der Waals surface area contributed by atoms with E-state index >= 15 is 0 Å². The van der Waals surface area contributed by atoms with Crippen molar-refractivity contribution in [2.45, 2.75) is 23.8 Å². The molecule has 0 radical (unpaired) electrons. The van der Waals surface area contributed by atoms with E-state index in [0.717, 1.165) is 24.3 Å². The molecule has 0 aliphatic carbocycles. The van der Waals surface area contributed by atoms with Crippen LogP contribution in [0.4, 0.5) is 5.82 Å². The van der Waals surface area contributed by atoms with Gasteiger partial charge in [-0.05, 0) is 40.6 Å². The van der Waals surface area contributed by atoms with Crippen LogP contribution in [0.1, 0.15) is 12.8 Å². The monoisotopic (exact) mass is 351 g/mol. The van der Waals surface area contributed by atoms with E-state index in [1.165, 1.54) is 12.3 Å². The predicted octanol–water partition coefficient (Wildman–Crippen LogP) is 1.60. The standard InChI is InChI=1S/C10H14BrN3O2S2/c11-7-4-9(10(12)13-5-7)18(15,16)14-8-2-1-3-17-6-8/h4-5,8,14H,1-3,6H2,(H2,12,13). The van der Waals surface area contributed by atoms with Gasteiger partial charge >= 0.3 is 0 Å². The third kappa shape index (κ3) is 3.37. The van der Waals surface area contributed by atoms with Crippen molar-refractivity contribution in [2.24, 2.45) is 0 Å². The summed E-state index contributed by atoms with van der Waals surface area (Å²) in [6, 6.07) is 1.45. The molecule has 0 amide bonds. The normalized spacial score (nSPS) is 20.8. The molecule has 1 aliphatic heterocycles. The number of sulfonamides is 1. The van der Waals surface area contributed by atoms with Crippen LogP contribution in [0, 0.1) is 0 Å². The first kappa shape index (κ1) is 14.1. The van der Waals surface area contributed by atoms with Crippen LogP contribution in [0.3, 0.4) is 0 Å². The van der Waals surface area contributed by atoms with Gasteiger partial charge in [-0.1, -0.05) is 0 Å². The van der Waals surface area contributed by atoms with Crippen LogP contribution in [0.15, 0.2) is 21.6 Å². The van der Waals surface area contributed by atoms with Crippen LogP contribution in [0.5, 0.6) is 0 Å². The molecule has 1 unspecified atom stereocenters. The van der Waals surface area contributed by atoms with Crippen molar-refractivity contribution < 1.29 is 8.42 Å². The Morgan fingerprint density at radius 3 is 3.00 bits per heavy atom. The summed E-state index contributed by atoms with van der Waals surface area (Å²) in [6.45, 7) is 0. The Kier molecular flexibility index (Phi) is 4.52. The fourth-order valence-corrected chi connectivity index (χ4v) is 4.80. The van der Waals surface area contributed by atoms with E-state index < -0.39 is 10.0 Å². The SMILES string of the molecule is Nc1ncc(Br)cc1S(=O)(=O)NC1CCCSC1. The molecule has 1 aliphatic rings. The summed E-state index contributed by atoms with van der Waals surface area (Å²) in [7, 11) is -3.59. The molecular weight excluding hydrogens is 338 g/mol. The summed E-state index contributed by atoms with van der Waals surface area (Å²) in [5.41, 5.74) is 5.62. The average molecular weight is 352 g/mol. The highest BCUT2D eigenvalue weighted by Crippen LogP contribution is 2.23. The zero-order chi connectivity index (χ0) is 13.2. The highest BCUT2D eigenvalue weighted by molar-refractivity contribution is 9.10. The van der Waals surface area contributed by atoms with Crippen LogP contribution in [-0.2, 0) is 10.0 Å². The first-order valence-corrected chi connectivity index (χ1v) is 8.93. The van der Waals surface area contributed by atoms with Crippen molar-refractivity contribution >= 4 is 43.5 Å². The van der Waals surface area contributed by atoms with Crippen molar-refractivity contribution in [1.82, 2.24) is 9.71 Å². The van der Waals surface area contributed by atoms with Crippen LogP contribution >= 0.6 is 27.7 Å². The van der Waals surface area contributed by atoms with E-state index in [1.54, 1.807) is 11.8 Å². The maximum absolute atomic E-state index is 12.2. The number of hydrogen-bond acceptors (Lipinski definition) is 5. The summed E-state index contributed by atoms with van der Waals surface area (Å²) in [5, 5.41) is 0. The minimum absolute atomic E-state index is 0.0212. The maximum Gasteiger partial charge on any atom is 0.244 e. The van der Waals surface area contributed by atoms with Gasteiger partial charge in [0.25, 0.3) is 0 Å². The quantitative estimate of drug-likeness (QED) is 0.863. The molecule has 0 aromatic carbocycles. The Morgan fingerprint density at radius 1 is 1.56 bits per heavy atom. The zero-order valence-electron chi connectivity index (χ0n) is 9.60. The second-order valence-electron chi connectivity index (χ2n) is 4.07. The van der Waals surface area contributed by atoms with Crippen molar-refractivity contribution in [1.29, 1.82) is 0 Å². The number of halogens is 1. The lowest BCUT2D eigenvalue weighted by atomic mass is 10.2. The van der Waals surface area contributed by atoms with Gasteiger partial charge in [-0.2, -0.15) is 11.8 Å². The van der Waals surface area contributed by atoms with Gasteiger partial charge in [0.2, 0.25) is 10.0 Å². The Labute approximate surface area is 119 Å². The molecule has 3 N–H and O–H groups in total. The fourth-order valence-electron chi connectivity index (χ4n) is 1.76. The van der Waals surface area contributed by atoms with Gasteiger partial charge < -0.3 is 5.73 Å². The second-order valence-corrected chi connectivity index (χ2v) is 7.82. The van der Waals surface area contributed by atoms with Gasteiger partial charge in [-0.25, -0.2) is 18.1 Å².